The van der Waals surface area contributed by atoms with Crippen LogP contribution < -0.4 is 0 Å². The third-order valence-corrected chi connectivity index (χ3v) is 4.94. The third kappa shape index (κ3) is 4.57. The van der Waals surface area contributed by atoms with Gasteiger partial charge in [-0.1, -0.05) is 26.0 Å². The minimum Gasteiger partial charge on any atom is -0.369 e. The quantitative estimate of drug-likeness (QED) is 0.722. The van der Waals surface area contributed by atoms with E-state index in [-0.39, 0.29) is 12.0 Å². The number of hydrogen-bond acceptors (Lipinski definition) is 2. The molecule has 2 atom stereocenters. The van der Waals surface area contributed by atoms with E-state index in [1.165, 1.54) is 19.3 Å². The molecule has 0 radical (unpaired) electrons. The average Bonchev–Trinajstić information content (AvgIpc) is 2.47. The zero-order valence-electron chi connectivity index (χ0n) is 13.9. The normalized spacial score (nSPS) is 27.3. The molecule has 1 amide bonds. The van der Waals surface area contributed by atoms with Gasteiger partial charge in [-0.25, -0.2) is 0 Å². The lowest BCUT2D eigenvalue weighted by Gasteiger charge is -2.44. The number of nitrogens with zero attached hydrogens (tertiary/aromatic N) is 1. The van der Waals surface area contributed by atoms with Crippen molar-refractivity contribution in [1.29, 1.82) is 0 Å². The Bertz CT molecular complexity index is 377. The first kappa shape index (κ1) is 16.5. The molecule has 1 heterocycles. The Hall–Kier alpha value is -0.830. The predicted octanol–water partition coefficient (Wildman–Crippen LogP) is 3.79. The number of allylic oxidation sites excluding steroid dienone is 2. The van der Waals surface area contributed by atoms with Gasteiger partial charge in [0.15, 0.2) is 0 Å². The van der Waals surface area contributed by atoms with Crippen LogP contribution in [0.15, 0.2) is 12.2 Å². The molecule has 0 aromatic carbocycles. The molecule has 1 fully saturated rings. The summed E-state index contributed by atoms with van der Waals surface area (Å²) in [7, 11) is 0. The van der Waals surface area contributed by atoms with Gasteiger partial charge in [-0.15, -0.1) is 0 Å². The molecule has 0 aromatic rings. The van der Waals surface area contributed by atoms with Gasteiger partial charge in [0, 0.05) is 19.7 Å². The molecule has 0 N–H and O–H groups in total. The lowest BCUT2D eigenvalue weighted by Crippen LogP contribution is -2.49. The Balaban J connectivity index is 1.85. The SMILES string of the molecule is CC(C)CCOC(C)C(=O)N1CCCC2(CC=CCC2)C1. The number of amides is 1. The monoisotopic (exact) mass is 293 g/mol. The maximum atomic E-state index is 12.6. The summed E-state index contributed by atoms with van der Waals surface area (Å²) in [4.78, 5) is 14.6. The van der Waals surface area contributed by atoms with E-state index in [1.54, 1.807) is 0 Å². The molecule has 0 bridgehead atoms. The standard InChI is InChI=1S/C18H31NO2/c1-15(2)8-13-21-16(3)17(20)19-12-7-11-18(14-19)9-5-4-6-10-18/h4-5,15-16H,6-14H2,1-3H3. The fraction of sp³-hybridized carbons (Fsp3) is 0.833. The summed E-state index contributed by atoms with van der Waals surface area (Å²) in [6, 6.07) is 0. The largest absolute Gasteiger partial charge is 0.369 e. The van der Waals surface area contributed by atoms with Crippen molar-refractivity contribution >= 4 is 5.91 Å². The Kier molecular flexibility index (Phi) is 5.86. The van der Waals surface area contributed by atoms with Gasteiger partial charge in [-0.2, -0.15) is 0 Å². The molecule has 2 aliphatic rings. The number of piperidine rings is 1. The van der Waals surface area contributed by atoms with Crippen LogP contribution in [0.5, 0.6) is 0 Å². The number of rotatable bonds is 5. The fourth-order valence-electron chi connectivity index (χ4n) is 3.52. The van der Waals surface area contributed by atoms with Gasteiger partial charge in [-0.05, 0) is 56.8 Å². The Labute approximate surface area is 129 Å². The summed E-state index contributed by atoms with van der Waals surface area (Å²) in [5.74, 6) is 0.812. The van der Waals surface area contributed by atoms with E-state index in [2.05, 4.69) is 30.9 Å². The summed E-state index contributed by atoms with van der Waals surface area (Å²) in [6.45, 7) is 8.79. The van der Waals surface area contributed by atoms with Crippen molar-refractivity contribution in [3.8, 4) is 0 Å². The van der Waals surface area contributed by atoms with Crippen molar-refractivity contribution in [1.82, 2.24) is 4.90 Å². The van der Waals surface area contributed by atoms with E-state index in [0.717, 1.165) is 32.4 Å². The molecular formula is C18H31NO2. The Morgan fingerprint density at radius 3 is 2.76 bits per heavy atom. The molecule has 1 aliphatic carbocycles. The number of likely N-dealkylation sites (tertiary alicyclic amines) is 1. The van der Waals surface area contributed by atoms with Crippen molar-refractivity contribution in [2.75, 3.05) is 19.7 Å². The van der Waals surface area contributed by atoms with Crippen molar-refractivity contribution in [2.45, 2.75) is 65.4 Å². The summed E-state index contributed by atoms with van der Waals surface area (Å²) in [5, 5.41) is 0. The first-order chi connectivity index (χ1) is 10.0. The molecule has 21 heavy (non-hydrogen) atoms. The smallest absolute Gasteiger partial charge is 0.251 e. The van der Waals surface area contributed by atoms with Crippen LogP contribution in [0.3, 0.4) is 0 Å². The van der Waals surface area contributed by atoms with Gasteiger partial charge in [0.25, 0.3) is 5.91 Å². The first-order valence-corrected chi connectivity index (χ1v) is 8.58. The van der Waals surface area contributed by atoms with E-state index in [0.29, 0.717) is 17.9 Å². The number of hydrogen-bond donors (Lipinski definition) is 0. The lowest BCUT2D eigenvalue weighted by molar-refractivity contribution is -0.146. The van der Waals surface area contributed by atoms with Crippen LogP contribution in [0.2, 0.25) is 0 Å². The van der Waals surface area contributed by atoms with E-state index < -0.39 is 0 Å². The van der Waals surface area contributed by atoms with Crippen LogP contribution in [0.25, 0.3) is 0 Å². The maximum absolute atomic E-state index is 12.6. The molecule has 1 spiro atoms. The van der Waals surface area contributed by atoms with Gasteiger partial charge in [0.2, 0.25) is 0 Å². The van der Waals surface area contributed by atoms with Gasteiger partial charge < -0.3 is 9.64 Å². The van der Waals surface area contributed by atoms with Crippen LogP contribution in [0.1, 0.15) is 59.3 Å². The van der Waals surface area contributed by atoms with Crippen molar-refractivity contribution in [2.24, 2.45) is 11.3 Å². The summed E-state index contributed by atoms with van der Waals surface area (Å²) >= 11 is 0. The van der Waals surface area contributed by atoms with Crippen LogP contribution in [0.4, 0.5) is 0 Å². The second-order valence-corrected chi connectivity index (χ2v) is 7.27. The average molecular weight is 293 g/mol. The molecule has 0 saturated carbocycles. The zero-order chi connectivity index (χ0) is 15.3. The van der Waals surface area contributed by atoms with Crippen molar-refractivity contribution < 1.29 is 9.53 Å². The highest BCUT2D eigenvalue weighted by Crippen LogP contribution is 2.40. The Morgan fingerprint density at radius 1 is 1.29 bits per heavy atom. The molecule has 1 saturated heterocycles. The van der Waals surface area contributed by atoms with Crippen LogP contribution in [-0.4, -0.2) is 36.6 Å². The number of carbonyl (C=O) groups excluding carboxylic acids is 1. The molecule has 3 nitrogen and oxygen atoms in total. The fourth-order valence-corrected chi connectivity index (χ4v) is 3.52. The summed E-state index contributed by atoms with van der Waals surface area (Å²) in [6.07, 6.45) is 11.3. The second kappa shape index (κ2) is 7.44. The number of carbonyl (C=O) groups is 1. The molecule has 2 rings (SSSR count). The van der Waals surface area contributed by atoms with Gasteiger partial charge in [-0.3, -0.25) is 4.79 Å². The summed E-state index contributed by atoms with van der Waals surface area (Å²) < 4.78 is 5.74. The second-order valence-electron chi connectivity index (χ2n) is 7.27. The van der Waals surface area contributed by atoms with E-state index in [1.807, 2.05) is 6.92 Å². The molecule has 2 unspecified atom stereocenters. The van der Waals surface area contributed by atoms with Crippen LogP contribution in [-0.2, 0) is 9.53 Å². The minimum atomic E-state index is -0.293. The molecule has 120 valence electrons. The molecule has 1 aliphatic heterocycles. The van der Waals surface area contributed by atoms with E-state index in [9.17, 15) is 4.79 Å². The van der Waals surface area contributed by atoms with Gasteiger partial charge in [0.1, 0.15) is 6.10 Å². The third-order valence-electron chi connectivity index (χ3n) is 4.94. The molecule has 0 aromatic heterocycles. The Morgan fingerprint density at radius 2 is 2.10 bits per heavy atom. The van der Waals surface area contributed by atoms with Gasteiger partial charge in [0.05, 0.1) is 0 Å². The molecular weight excluding hydrogens is 262 g/mol. The highest BCUT2D eigenvalue weighted by atomic mass is 16.5. The van der Waals surface area contributed by atoms with Crippen molar-refractivity contribution in [3.05, 3.63) is 12.2 Å². The minimum absolute atomic E-state index is 0.187. The first-order valence-electron chi connectivity index (χ1n) is 8.58. The topological polar surface area (TPSA) is 29.5 Å². The van der Waals surface area contributed by atoms with E-state index >= 15 is 0 Å². The van der Waals surface area contributed by atoms with Crippen LogP contribution >= 0.6 is 0 Å². The lowest BCUT2D eigenvalue weighted by atomic mass is 9.71. The summed E-state index contributed by atoms with van der Waals surface area (Å²) in [5.41, 5.74) is 0.348. The maximum Gasteiger partial charge on any atom is 0.251 e. The van der Waals surface area contributed by atoms with Crippen LogP contribution in [0, 0.1) is 11.3 Å². The van der Waals surface area contributed by atoms with E-state index in [4.69, 9.17) is 4.74 Å². The molecule has 3 heteroatoms. The van der Waals surface area contributed by atoms with Gasteiger partial charge >= 0.3 is 0 Å². The highest BCUT2D eigenvalue weighted by Gasteiger charge is 2.37. The predicted molar refractivity (Wildman–Crippen MR) is 86.1 cm³/mol. The van der Waals surface area contributed by atoms with Crippen molar-refractivity contribution in [3.63, 3.8) is 0 Å². The highest BCUT2D eigenvalue weighted by molar-refractivity contribution is 5.80. The zero-order valence-corrected chi connectivity index (χ0v) is 13.9. The number of ether oxygens (including phenoxy) is 1.